The van der Waals surface area contributed by atoms with Crippen molar-refractivity contribution in [2.75, 3.05) is 17.4 Å². The molecule has 2 N–H and O–H groups in total. The fraction of sp³-hybridized carbons (Fsp3) is 0.231. The van der Waals surface area contributed by atoms with Gasteiger partial charge in [-0.05, 0) is 55.3 Å². The molecule has 3 rings (SSSR count). The Hall–Kier alpha value is -4.09. The Morgan fingerprint density at radius 2 is 1.26 bits per heavy atom. The third kappa shape index (κ3) is 5.43. The molecule has 0 saturated carbocycles. The van der Waals surface area contributed by atoms with Crippen LogP contribution in [-0.2, 0) is 5.67 Å². The van der Waals surface area contributed by atoms with E-state index in [-0.39, 0.29) is 28.3 Å². The number of carbonyl (C=O) groups excluding carboxylic acids is 2. The average molecular weight is 541 g/mol. The molecule has 202 valence electrons. The highest BCUT2D eigenvalue weighted by molar-refractivity contribution is 6.06. The number of nitrogens with zero attached hydrogens (tertiary/aromatic N) is 1. The Morgan fingerprint density at radius 1 is 0.737 bits per heavy atom. The first-order valence-corrected chi connectivity index (χ1v) is 11.0. The highest BCUT2D eigenvalue weighted by atomic mass is 19.4. The Balaban J connectivity index is 1.81. The first-order valence-electron chi connectivity index (χ1n) is 11.0. The zero-order valence-electron chi connectivity index (χ0n) is 20.3. The van der Waals surface area contributed by atoms with Crippen LogP contribution in [0.25, 0.3) is 0 Å². The van der Waals surface area contributed by atoms with Crippen molar-refractivity contribution >= 4 is 23.2 Å². The molecule has 0 bridgehead atoms. The fourth-order valence-corrected chi connectivity index (χ4v) is 3.79. The molecular weight excluding hydrogens is 519 g/mol. The van der Waals surface area contributed by atoms with Crippen molar-refractivity contribution in [2.24, 2.45) is 0 Å². The van der Waals surface area contributed by atoms with Gasteiger partial charge in [0.15, 0.2) is 0 Å². The molecule has 38 heavy (non-hydrogen) atoms. The number of alkyl halides is 7. The molecule has 3 aromatic rings. The topological polar surface area (TPSA) is 61.4 Å². The van der Waals surface area contributed by atoms with Crippen LogP contribution in [0.2, 0.25) is 0 Å². The van der Waals surface area contributed by atoms with Gasteiger partial charge in [-0.15, -0.1) is 0 Å². The van der Waals surface area contributed by atoms with Gasteiger partial charge in [-0.3, -0.25) is 20.4 Å². The summed E-state index contributed by atoms with van der Waals surface area (Å²) in [5.74, 6) is -1.03. The maximum Gasteiger partial charge on any atom is 0.435 e. The van der Waals surface area contributed by atoms with Crippen molar-refractivity contribution in [1.82, 2.24) is 5.43 Å². The minimum Gasteiger partial charge on any atom is -0.311 e. The van der Waals surface area contributed by atoms with E-state index in [9.17, 15) is 40.3 Å². The summed E-state index contributed by atoms with van der Waals surface area (Å²) in [6.07, 6.45) is -12.5. The largest absolute Gasteiger partial charge is 0.435 e. The van der Waals surface area contributed by atoms with E-state index in [2.05, 4.69) is 10.9 Å². The lowest BCUT2D eigenvalue weighted by Gasteiger charge is -2.31. The zero-order chi connectivity index (χ0) is 28.5. The minimum atomic E-state index is -6.24. The van der Waals surface area contributed by atoms with Crippen molar-refractivity contribution in [3.05, 3.63) is 94.5 Å². The maximum atomic E-state index is 14.5. The van der Waals surface area contributed by atoms with Crippen molar-refractivity contribution in [3.63, 3.8) is 0 Å². The minimum absolute atomic E-state index is 0.0127. The van der Waals surface area contributed by atoms with Crippen molar-refractivity contribution in [2.45, 2.75) is 31.9 Å². The van der Waals surface area contributed by atoms with Gasteiger partial charge in [0.25, 0.3) is 11.8 Å². The van der Waals surface area contributed by atoms with Gasteiger partial charge in [0.2, 0.25) is 0 Å². The third-order valence-corrected chi connectivity index (χ3v) is 5.83. The molecule has 2 amide bonds. The summed E-state index contributed by atoms with van der Waals surface area (Å²) in [4.78, 5) is 26.7. The van der Waals surface area contributed by atoms with Crippen LogP contribution < -0.4 is 15.8 Å². The van der Waals surface area contributed by atoms with Gasteiger partial charge in [0.1, 0.15) is 0 Å². The van der Waals surface area contributed by atoms with E-state index >= 15 is 0 Å². The number of aryl methyl sites for hydroxylation is 2. The molecule has 0 saturated heterocycles. The number of benzene rings is 3. The van der Waals surface area contributed by atoms with Crippen LogP contribution in [0.4, 0.5) is 42.1 Å². The summed E-state index contributed by atoms with van der Waals surface area (Å²) in [5.41, 5.74) is -1.84. The van der Waals surface area contributed by atoms with Gasteiger partial charge < -0.3 is 4.90 Å². The standard InChI is InChI=1S/C26H22F7N3O2/c1-15-12-19(24(27,25(28,29)30)26(31,32)33)13-16(2)21(15)34-35-22(37)18-10-7-11-20(14-18)36(3)23(38)17-8-5-4-6-9-17/h4-14,34H,1-3H3,(H,35,37). The van der Waals surface area contributed by atoms with Crippen molar-refractivity contribution in [1.29, 1.82) is 0 Å². The van der Waals surface area contributed by atoms with Crippen LogP contribution in [0, 0.1) is 13.8 Å². The molecule has 0 spiro atoms. The molecule has 0 aliphatic rings. The lowest BCUT2D eigenvalue weighted by Crippen LogP contribution is -2.50. The number of hydrazine groups is 1. The lowest BCUT2D eigenvalue weighted by molar-refractivity contribution is -0.348. The Kier molecular flexibility index (Phi) is 7.75. The molecule has 0 aliphatic carbocycles. The quantitative estimate of drug-likeness (QED) is 0.272. The van der Waals surface area contributed by atoms with Crippen molar-refractivity contribution < 1.29 is 40.3 Å². The predicted molar refractivity (Wildman–Crippen MR) is 128 cm³/mol. The number of hydrogen-bond acceptors (Lipinski definition) is 3. The van der Waals surface area contributed by atoms with E-state index in [1.807, 2.05) is 0 Å². The van der Waals surface area contributed by atoms with Gasteiger partial charge in [0, 0.05) is 29.4 Å². The van der Waals surface area contributed by atoms with E-state index in [1.165, 1.54) is 44.0 Å². The van der Waals surface area contributed by atoms with Gasteiger partial charge in [-0.25, -0.2) is 4.39 Å². The summed E-state index contributed by atoms with van der Waals surface area (Å²) in [6, 6.07) is 15.3. The average Bonchev–Trinajstić information content (AvgIpc) is 2.85. The second-order valence-corrected chi connectivity index (χ2v) is 8.50. The molecule has 0 heterocycles. The molecule has 0 aromatic heterocycles. The van der Waals surface area contributed by atoms with E-state index in [4.69, 9.17) is 0 Å². The van der Waals surface area contributed by atoms with E-state index in [0.717, 1.165) is 0 Å². The molecule has 0 atom stereocenters. The van der Waals surface area contributed by atoms with Crippen molar-refractivity contribution in [3.8, 4) is 0 Å². The monoisotopic (exact) mass is 541 g/mol. The number of rotatable bonds is 6. The van der Waals surface area contributed by atoms with Gasteiger partial charge in [0.05, 0.1) is 5.69 Å². The molecule has 0 fully saturated rings. The number of hydrogen-bond donors (Lipinski definition) is 2. The van der Waals surface area contributed by atoms with Crippen LogP contribution in [-0.4, -0.2) is 31.2 Å². The summed E-state index contributed by atoms with van der Waals surface area (Å²) in [6.45, 7) is 2.34. The van der Waals surface area contributed by atoms with Gasteiger partial charge >= 0.3 is 18.0 Å². The smallest absolute Gasteiger partial charge is 0.311 e. The predicted octanol–water partition coefficient (Wildman–Crippen LogP) is 6.63. The Bertz CT molecular complexity index is 1300. The first-order chi connectivity index (χ1) is 17.6. The Labute approximate surface area is 213 Å². The molecule has 0 unspecified atom stereocenters. The van der Waals surface area contributed by atoms with E-state index in [0.29, 0.717) is 23.4 Å². The molecule has 12 heteroatoms. The number of carbonyl (C=O) groups is 2. The highest BCUT2D eigenvalue weighted by Crippen LogP contribution is 2.53. The van der Waals surface area contributed by atoms with Gasteiger partial charge in [-0.2, -0.15) is 26.3 Å². The summed E-state index contributed by atoms with van der Waals surface area (Å²) < 4.78 is 93.3. The SMILES string of the molecule is Cc1cc(C(F)(C(F)(F)F)C(F)(F)F)cc(C)c1NNC(=O)c1cccc(N(C)C(=O)c2ccccc2)c1. The summed E-state index contributed by atoms with van der Waals surface area (Å²) in [5, 5.41) is 0. The van der Waals surface area contributed by atoms with Crippen LogP contribution in [0.1, 0.15) is 37.4 Å². The second-order valence-electron chi connectivity index (χ2n) is 8.50. The van der Waals surface area contributed by atoms with E-state index < -0.39 is 29.5 Å². The lowest BCUT2D eigenvalue weighted by atomic mass is 9.90. The first kappa shape index (κ1) is 28.5. The number of nitrogens with one attached hydrogen (secondary N) is 2. The third-order valence-electron chi connectivity index (χ3n) is 5.83. The summed E-state index contributed by atoms with van der Waals surface area (Å²) >= 11 is 0. The van der Waals surface area contributed by atoms with Gasteiger partial charge in [-0.1, -0.05) is 36.4 Å². The zero-order valence-corrected chi connectivity index (χ0v) is 20.3. The maximum absolute atomic E-state index is 14.5. The van der Waals surface area contributed by atoms with Crippen LogP contribution >= 0.6 is 0 Å². The second kappa shape index (κ2) is 10.3. The normalized spacial score (nSPS) is 12.2. The number of anilines is 2. The molecule has 5 nitrogen and oxygen atoms in total. The molecular formula is C26H22F7N3O2. The number of amides is 2. The Morgan fingerprint density at radius 3 is 1.79 bits per heavy atom. The molecule has 0 aliphatic heterocycles. The summed E-state index contributed by atoms with van der Waals surface area (Å²) in [7, 11) is 1.52. The van der Waals surface area contributed by atoms with E-state index in [1.54, 1.807) is 36.4 Å². The number of halogens is 7. The van der Waals surface area contributed by atoms with Crippen LogP contribution in [0.5, 0.6) is 0 Å². The fourth-order valence-electron chi connectivity index (χ4n) is 3.79. The molecule has 3 aromatic carbocycles. The van der Waals surface area contributed by atoms with Crippen LogP contribution in [0.3, 0.4) is 0 Å². The highest BCUT2D eigenvalue weighted by Gasteiger charge is 2.73. The van der Waals surface area contributed by atoms with Crippen LogP contribution in [0.15, 0.2) is 66.7 Å². The molecule has 0 radical (unpaired) electrons.